The summed E-state index contributed by atoms with van der Waals surface area (Å²) >= 11 is 0. The van der Waals surface area contributed by atoms with Crippen molar-refractivity contribution in [1.82, 2.24) is 0 Å². The van der Waals surface area contributed by atoms with Gasteiger partial charge < -0.3 is 4.42 Å². The van der Waals surface area contributed by atoms with Gasteiger partial charge in [0.2, 0.25) is 0 Å². The first-order chi connectivity index (χ1) is 40.3. The van der Waals surface area contributed by atoms with E-state index in [9.17, 15) is 0 Å². The molecule has 0 amide bonds. The topological polar surface area (TPSA) is 13.1 Å². The standard InChI is InChI=1S/C40H26.C36H22O/c1-2-13-29-25-32(24-23-27(29)11-1)40-37-20-7-5-18-35(37)39(36-19-6-8-21-38(36)40)31-16-9-15-30(26-31)34-22-10-14-28-12-3-4-17-33(28)34;1-2-12-24(13-3-1)33-26-15-6-8-17-28(26)34(29-18-9-7-16-27(29)33)30-19-10-20-32-35(30)31-22-21-23-11-4-5-14-25(23)36(31)37-32/h1-26H;1-22H/i;1D,2D,3D,12D,13D. The van der Waals surface area contributed by atoms with Crippen LogP contribution < -0.4 is 0 Å². The van der Waals surface area contributed by atoms with Gasteiger partial charge in [-0.1, -0.05) is 267 Å². The van der Waals surface area contributed by atoms with Crippen LogP contribution in [-0.4, -0.2) is 0 Å². The fourth-order valence-electron chi connectivity index (χ4n) is 12.2. The molecule has 0 N–H and O–H groups in total. The van der Waals surface area contributed by atoms with Gasteiger partial charge in [-0.05, 0) is 150 Å². The van der Waals surface area contributed by atoms with Crippen molar-refractivity contribution in [3.05, 3.63) is 291 Å². The quantitative estimate of drug-likeness (QED) is 0.157. The minimum Gasteiger partial charge on any atom is -0.455 e. The Hall–Kier alpha value is -10.1. The second-order valence-electron chi connectivity index (χ2n) is 19.8. The van der Waals surface area contributed by atoms with E-state index in [1.165, 1.54) is 76.5 Å². The molecule has 16 aromatic rings. The SMILES string of the molecule is [2H]c1c([2H])c([2H])c(-c2c3ccccc3c(-c3cccc4oc5c6ccccc6ccc5c34)c3ccccc23)c([2H])c1[2H].c1cc(-c2cccc3ccccc23)cc(-c2c3ccccc3c(-c3ccc4ccccc4c3)c3ccccc23)c1. The Morgan fingerprint density at radius 2 is 0.675 bits per heavy atom. The maximum absolute atomic E-state index is 8.80. The molecule has 0 radical (unpaired) electrons. The molecule has 1 heterocycles. The van der Waals surface area contributed by atoms with Crippen LogP contribution in [0.3, 0.4) is 0 Å². The van der Waals surface area contributed by atoms with Gasteiger partial charge in [0.05, 0.1) is 6.85 Å². The third kappa shape index (κ3) is 7.39. The minimum atomic E-state index is -0.398. The zero-order valence-electron chi connectivity index (χ0n) is 46.7. The lowest BCUT2D eigenvalue weighted by atomic mass is 9.85. The minimum absolute atomic E-state index is 0.207. The number of rotatable bonds is 5. The summed E-state index contributed by atoms with van der Waals surface area (Å²) < 4.78 is 49.0. The van der Waals surface area contributed by atoms with E-state index in [1.807, 2.05) is 72.8 Å². The van der Waals surface area contributed by atoms with Gasteiger partial charge in [-0.25, -0.2) is 0 Å². The summed E-state index contributed by atoms with van der Waals surface area (Å²) in [5, 5.41) is 17.9. The Balaban J connectivity index is 0.000000141. The van der Waals surface area contributed by atoms with E-state index in [0.29, 0.717) is 5.56 Å². The molecule has 1 nitrogen and oxygen atoms in total. The number of hydrogen-bond acceptors (Lipinski definition) is 1. The largest absolute Gasteiger partial charge is 0.455 e. The Morgan fingerprint density at radius 3 is 1.30 bits per heavy atom. The molecule has 0 fully saturated rings. The first-order valence-corrected chi connectivity index (χ1v) is 26.2. The van der Waals surface area contributed by atoms with Crippen molar-refractivity contribution < 1.29 is 11.3 Å². The normalized spacial score (nSPS) is 12.5. The van der Waals surface area contributed by atoms with Crippen molar-refractivity contribution in [2.45, 2.75) is 0 Å². The molecule has 0 unspecified atom stereocenters. The Kier molecular flexibility index (Phi) is 9.41. The highest BCUT2D eigenvalue weighted by Crippen LogP contribution is 2.49. The smallest absolute Gasteiger partial charge is 0.143 e. The van der Waals surface area contributed by atoms with Gasteiger partial charge in [0.25, 0.3) is 0 Å². The Bertz CT molecular complexity index is 5160. The van der Waals surface area contributed by atoms with Gasteiger partial charge >= 0.3 is 0 Å². The predicted octanol–water partition coefficient (Wildman–Crippen LogP) is 21.7. The van der Waals surface area contributed by atoms with E-state index in [0.717, 1.165) is 65.4 Å². The van der Waals surface area contributed by atoms with Crippen molar-refractivity contribution in [1.29, 1.82) is 0 Å². The van der Waals surface area contributed by atoms with Crippen molar-refractivity contribution in [2.24, 2.45) is 0 Å². The van der Waals surface area contributed by atoms with Gasteiger partial charge in [0.15, 0.2) is 0 Å². The fourth-order valence-corrected chi connectivity index (χ4v) is 12.2. The van der Waals surface area contributed by atoms with Crippen molar-refractivity contribution in [3.63, 3.8) is 0 Å². The average molecular weight is 982 g/mol. The molecule has 0 bridgehead atoms. The predicted molar refractivity (Wildman–Crippen MR) is 330 cm³/mol. The number of furan rings is 1. The van der Waals surface area contributed by atoms with Gasteiger partial charge in [-0.15, -0.1) is 0 Å². The second kappa shape index (κ2) is 18.4. The summed E-state index contributed by atoms with van der Waals surface area (Å²) in [6.07, 6.45) is 0. The Labute approximate surface area is 453 Å². The molecule has 16 rings (SSSR count). The molecule has 15 aromatic carbocycles. The lowest BCUT2D eigenvalue weighted by Gasteiger charge is -2.18. The van der Waals surface area contributed by atoms with E-state index < -0.39 is 6.04 Å². The molecule has 0 aliphatic carbocycles. The maximum Gasteiger partial charge on any atom is 0.143 e. The summed E-state index contributed by atoms with van der Waals surface area (Å²) in [4.78, 5) is 0. The lowest BCUT2D eigenvalue weighted by Crippen LogP contribution is -1.91. The van der Waals surface area contributed by atoms with Crippen molar-refractivity contribution >= 4 is 97.3 Å². The highest BCUT2D eigenvalue weighted by molar-refractivity contribution is 6.27. The van der Waals surface area contributed by atoms with E-state index in [2.05, 4.69) is 188 Å². The van der Waals surface area contributed by atoms with E-state index in [-0.39, 0.29) is 29.7 Å². The first kappa shape index (κ1) is 39.4. The first-order valence-electron chi connectivity index (χ1n) is 28.7. The molecule has 0 aliphatic heterocycles. The van der Waals surface area contributed by atoms with Gasteiger partial charge in [-0.3, -0.25) is 0 Å². The molecule has 77 heavy (non-hydrogen) atoms. The molecule has 0 spiro atoms. The Morgan fingerprint density at radius 1 is 0.247 bits per heavy atom. The van der Waals surface area contributed by atoms with Crippen LogP contribution in [-0.2, 0) is 0 Å². The van der Waals surface area contributed by atoms with Gasteiger partial charge in [0, 0.05) is 16.2 Å². The van der Waals surface area contributed by atoms with Crippen LogP contribution in [0.15, 0.2) is 295 Å². The van der Waals surface area contributed by atoms with E-state index in [1.54, 1.807) is 0 Å². The van der Waals surface area contributed by atoms with Crippen LogP contribution in [0, 0.1) is 0 Å². The summed E-state index contributed by atoms with van der Waals surface area (Å²) in [5.41, 5.74) is 12.1. The number of hydrogen-bond donors (Lipinski definition) is 0. The summed E-state index contributed by atoms with van der Waals surface area (Å²) in [5.74, 6) is 0. The third-order valence-corrected chi connectivity index (χ3v) is 15.6. The molecular formula is C76H48O. The molecule has 358 valence electrons. The second-order valence-corrected chi connectivity index (χ2v) is 19.8. The molecular weight excluding hydrogens is 929 g/mol. The highest BCUT2D eigenvalue weighted by atomic mass is 16.3. The van der Waals surface area contributed by atoms with Crippen LogP contribution in [0.5, 0.6) is 0 Å². The summed E-state index contributed by atoms with van der Waals surface area (Å²) in [6, 6.07) is 90.5. The molecule has 1 heteroatoms. The summed E-state index contributed by atoms with van der Waals surface area (Å²) in [7, 11) is 0. The van der Waals surface area contributed by atoms with Gasteiger partial charge in [-0.2, -0.15) is 0 Å². The molecule has 1 aromatic heterocycles. The van der Waals surface area contributed by atoms with Crippen molar-refractivity contribution in [3.8, 4) is 55.6 Å². The fraction of sp³-hybridized carbons (Fsp3) is 0. The van der Waals surface area contributed by atoms with Crippen LogP contribution >= 0.6 is 0 Å². The zero-order chi connectivity index (χ0) is 55.2. The average Bonchev–Trinajstić information content (AvgIpc) is 4.03. The lowest BCUT2D eigenvalue weighted by molar-refractivity contribution is 0.673. The van der Waals surface area contributed by atoms with Crippen LogP contribution in [0.1, 0.15) is 6.85 Å². The molecule has 0 saturated heterocycles. The van der Waals surface area contributed by atoms with E-state index in [4.69, 9.17) is 11.3 Å². The van der Waals surface area contributed by atoms with E-state index >= 15 is 0 Å². The maximum atomic E-state index is 8.80. The van der Waals surface area contributed by atoms with Crippen LogP contribution in [0.2, 0.25) is 0 Å². The molecule has 0 saturated carbocycles. The van der Waals surface area contributed by atoms with Crippen LogP contribution in [0.4, 0.5) is 0 Å². The third-order valence-electron chi connectivity index (χ3n) is 15.6. The number of fused-ring (bicyclic) bond motifs is 11. The summed E-state index contributed by atoms with van der Waals surface area (Å²) in [6.45, 7) is 0. The number of benzene rings is 15. The van der Waals surface area contributed by atoms with Gasteiger partial charge in [0.1, 0.15) is 11.2 Å². The molecule has 0 aliphatic rings. The molecule has 0 atom stereocenters. The van der Waals surface area contributed by atoms with Crippen molar-refractivity contribution in [2.75, 3.05) is 0 Å². The van der Waals surface area contributed by atoms with Crippen LogP contribution in [0.25, 0.3) is 153 Å². The monoisotopic (exact) mass is 981 g/mol. The highest BCUT2D eigenvalue weighted by Gasteiger charge is 2.22. The zero-order valence-corrected chi connectivity index (χ0v) is 41.7.